The zero-order chi connectivity index (χ0) is 14.8. The third kappa shape index (κ3) is 2.81. The molecule has 0 aromatic heterocycles. The highest BCUT2D eigenvalue weighted by molar-refractivity contribution is 6.30. The number of fused-ring (bicyclic) bond motifs is 1. The van der Waals surface area contributed by atoms with Gasteiger partial charge in [0.1, 0.15) is 5.82 Å². The molecule has 0 aliphatic rings. The van der Waals surface area contributed by atoms with Gasteiger partial charge in [0.2, 0.25) is 0 Å². The van der Waals surface area contributed by atoms with Crippen molar-refractivity contribution in [2.75, 3.05) is 0 Å². The van der Waals surface area contributed by atoms with Crippen LogP contribution in [-0.4, -0.2) is 5.78 Å². The van der Waals surface area contributed by atoms with Crippen LogP contribution in [0.15, 0.2) is 60.7 Å². The van der Waals surface area contributed by atoms with Gasteiger partial charge in [-0.1, -0.05) is 60.1 Å². The van der Waals surface area contributed by atoms with E-state index in [1.165, 1.54) is 6.07 Å². The highest BCUT2D eigenvalue weighted by Gasteiger charge is 2.12. The maximum atomic E-state index is 13.8. The van der Waals surface area contributed by atoms with Gasteiger partial charge in [-0.2, -0.15) is 0 Å². The van der Waals surface area contributed by atoms with Crippen LogP contribution in [0.25, 0.3) is 10.8 Å². The van der Waals surface area contributed by atoms with Crippen LogP contribution in [0.4, 0.5) is 4.39 Å². The van der Waals surface area contributed by atoms with E-state index in [1.54, 1.807) is 18.2 Å². The molecule has 0 heterocycles. The van der Waals surface area contributed by atoms with Crippen LogP contribution >= 0.6 is 11.6 Å². The Bertz CT molecular complexity index is 826. The normalized spacial score (nSPS) is 10.8. The average molecular weight is 299 g/mol. The summed E-state index contributed by atoms with van der Waals surface area (Å²) in [5.74, 6) is -0.643. The third-order valence-electron chi connectivity index (χ3n) is 3.45. The van der Waals surface area contributed by atoms with Gasteiger partial charge in [-0.25, -0.2) is 4.39 Å². The number of hydrogen-bond acceptors (Lipinski definition) is 1. The minimum Gasteiger partial charge on any atom is -0.294 e. The van der Waals surface area contributed by atoms with Crippen LogP contribution in [0.3, 0.4) is 0 Å². The van der Waals surface area contributed by atoms with Gasteiger partial charge in [0.25, 0.3) is 0 Å². The van der Waals surface area contributed by atoms with Crippen molar-refractivity contribution >= 4 is 28.2 Å². The fourth-order valence-corrected chi connectivity index (χ4v) is 2.52. The number of Topliss-reactive ketones (excluding diaryl/α,β-unsaturated/α-hetero) is 1. The van der Waals surface area contributed by atoms with Gasteiger partial charge in [-0.05, 0) is 28.5 Å². The number of halogens is 2. The van der Waals surface area contributed by atoms with Crippen LogP contribution in [-0.2, 0) is 6.42 Å². The van der Waals surface area contributed by atoms with E-state index in [4.69, 9.17) is 11.6 Å². The van der Waals surface area contributed by atoms with Gasteiger partial charge in [-0.3, -0.25) is 4.79 Å². The number of rotatable bonds is 3. The van der Waals surface area contributed by atoms with Crippen LogP contribution < -0.4 is 0 Å². The lowest BCUT2D eigenvalue weighted by molar-refractivity contribution is 0.0992. The fourth-order valence-electron chi connectivity index (χ4n) is 2.32. The first-order chi connectivity index (χ1) is 10.1. The number of ketones is 1. The largest absolute Gasteiger partial charge is 0.294 e. The lowest BCUT2D eigenvalue weighted by Crippen LogP contribution is -2.05. The summed E-state index contributed by atoms with van der Waals surface area (Å²) >= 11 is 5.74. The van der Waals surface area contributed by atoms with Crippen molar-refractivity contribution in [2.45, 2.75) is 6.42 Å². The molecule has 0 unspecified atom stereocenters. The number of carbonyl (C=O) groups excluding carboxylic acids is 1. The standard InChI is InChI=1S/C18H12ClFO/c19-16-7-3-6-15(18(16)20)11-17(21)14-9-8-12-4-1-2-5-13(12)10-14/h1-10H,11H2. The molecule has 0 saturated carbocycles. The minimum atomic E-state index is -0.520. The minimum absolute atomic E-state index is 0.00470. The predicted molar refractivity (Wildman–Crippen MR) is 83.4 cm³/mol. The molecule has 0 aliphatic carbocycles. The molecule has 0 radical (unpaired) electrons. The van der Waals surface area contributed by atoms with Crippen molar-refractivity contribution in [1.82, 2.24) is 0 Å². The molecule has 3 aromatic carbocycles. The van der Waals surface area contributed by atoms with Gasteiger partial charge in [-0.15, -0.1) is 0 Å². The van der Waals surface area contributed by atoms with Crippen molar-refractivity contribution in [3.8, 4) is 0 Å². The predicted octanol–water partition coefficient (Wildman–Crippen LogP) is 5.06. The van der Waals surface area contributed by atoms with Crippen molar-refractivity contribution in [1.29, 1.82) is 0 Å². The van der Waals surface area contributed by atoms with E-state index in [0.29, 0.717) is 11.1 Å². The molecule has 0 spiro atoms. The maximum Gasteiger partial charge on any atom is 0.167 e. The Morgan fingerprint density at radius 3 is 2.52 bits per heavy atom. The summed E-state index contributed by atoms with van der Waals surface area (Å²) in [4.78, 5) is 12.3. The summed E-state index contributed by atoms with van der Waals surface area (Å²) in [5.41, 5.74) is 0.897. The zero-order valence-electron chi connectivity index (χ0n) is 11.1. The summed E-state index contributed by atoms with van der Waals surface area (Å²) in [5, 5.41) is 2.11. The fraction of sp³-hybridized carbons (Fsp3) is 0.0556. The molecule has 0 fully saturated rings. The molecule has 1 nitrogen and oxygen atoms in total. The molecular formula is C18H12ClFO. The van der Waals surface area contributed by atoms with Crippen LogP contribution in [0.2, 0.25) is 5.02 Å². The Morgan fingerprint density at radius 2 is 1.71 bits per heavy atom. The summed E-state index contributed by atoms with van der Waals surface area (Å²) in [6.45, 7) is 0. The summed E-state index contributed by atoms with van der Waals surface area (Å²) in [6.07, 6.45) is 0.00470. The molecule has 0 N–H and O–H groups in total. The van der Waals surface area contributed by atoms with E-state index in [0.717, 1.165) is 10.8 Å². The van der Waals surface area contributed by atoms with E-state index in [-0.39, 0.29) is 17.2 Å². The molecule has 0 bridgehead atoms. The Labute approximate surface area is 127 Å². The van der Waals surface area contributed by atoms with Gasteiger partial charge in [0.15, 0.2) is 5.78 Å². The zero-order valence-corrected chi connectivity index (χ0v) is 11.9. The van der Waals surface area contributed by atoms with E-state index >= 15 is 0 Å². The third-order valence-corrected chi connectivity index (χ3v) is 3.75. The number of carbonyl (C=O) groups is 1. The van der Waals surface area contributed by atoms with E-state index < -0.39 is 5.82 Å². The lowest BCUT2D eigenvalue weighted by Gasteiger charge is -2.05. The molecule has 104 valence electrons. The first-order valence-corrected chi connectivity index (χ1v) is 6.98. The SMILES string of the molecule is O=C(Cc1cccc(Cl)c1F)c1ccc2ccccc2c1. The molecule has 0 aliphatic heterocycles. The van der Waals surface area contributed by atoms with Crippen LogP contribution in [0.1, 0.15) is 15.9 Å². The highest BCUT2D eigenvalue weighted by atomic mass is 35.5. The van der Waals surface area contributed by atoms with Gasteiger partial charge in [0.05, 0.1) is 5.02 Å². The topological polar surface area (TPSA) is 17.1 Å². The Balaban J connectivity index is 1.91. The molecule has 21 heavy (non-hydrogen) atoms. The quantitative estimate of drug-likeness (QED) is 0.618. The van der Waals surface area contributed by atoms with Gasteiger partial charge >= 0.3 is 0 Å². The van der Waals surface area contributed by atoms with E-state index in [1.807, 2.05) is 36.4 Å². The summed E-state index contributed by atoms with van der Waals surface area (Å²) in [7, 11) is 0. The molecule has 0 atom stereocenters. The maximum absolute atomic E-state index is 13.8. The van der Waals surface area contributed by atoms with E-state index in [2.05, 4.69) is 0 Å². The monoisotopic (exact) mass is 298 g/mol. The second kappa shape index (κ2) is 5.66. The van der Waals surface area contributed by atoms with E-state index in [9.17, 15) is 9.18 Å². The van der Waals surface area contributed by atoms with Gasteiger partial charge in [0, 0.05) is 12.0 Å². The van der Waals surface area contributed by atoms with Crippen molar-refractivity contribution in [3.63, 3.8) is 0 Å². The molecule has 0 amide bonds. The highest BCUT2D eigenvalue weighted by Crippen LogP contribution is 2.21. The Morgan fingerprint density at radius 1 is 0.952 bits per heavy atom. The number of benzene rings is 3. The smallest absolute Gasteiger partial charge is 0.167 e. The summed E-state index contributed by atoms with van der Waals surface area (Å²) < 4.78 is 13.8. The van der Waals surface area contributed by atoms with Crippen molar-refractivity contribution in [3.05, 3.63) is 82.6 Å². The first kappa shape index (κ1) is 13.8. The van der Waals surface area contributed by atoms with Crippen LogP contribution in [0, 0.1) is 5.82 Å². The Kier molecular flexibility index (Phi) is 3.72. The summed E-state index contributed by atoms with van der Waals surface area (Å²) in [6, 6.07) is 18.0. The molecule has 3 heteroatoms. The van der Waals surface area contributed by atoms with Crippen molar-refractivity contribution < 1.29 is 9.18 Å². The average Bonchev–Trinajstić information content (AvgIpc) is 2.51. The molecule has 3 rings (SSSR count). The van der Waals surface area contributed by atoms with Crippen molar-refractivity contribution in [2.24, 2.45) is 0 Å². The molecular weight excluding hydrogens is 287 g/mol. The first-order valence-electron chi connectivity index (χ1n) is 6.60. The lowest BCUT2D eigenvalue weighted by atomic mass is 10.00. The second-order valence-electron chi connectivity index (χ2n) is 4.87. The van der Waals surface area contributed by atoms with Crippen LogP contribution in [0.5, 0.6) is 0 Å². The Hall–Kier alpha value is -2.19. The second-order valence-corrected chi connectivity index (χ2v) is 5.28. The van der Waals surface area contributed by atoms with Gasteiger partial charge < -0.3 is 0 Å². The molecule has 3 aromatic rings. The number of hydrogen-bond donors (Lipinski definition) is 0. The molecule has 0 saturated heterocycles.